The average molecular weight is 260 g/mol. The molecule has 0 saturated carbocycles. The van der Waals surface area contributed by atoms with Crippen molar-refractivity contribution < 1.29 is 28.5 Å². The molecule has 0 aromatic rings. The first-order valence-corrected chi connectivity index (χ1v) is 6.32. The van der Waals surface area contributed by atoms with Crippen molar-refractivity contribution in [3.05, 3.63) is 0 Å². The Kier molecular flexibility index (Phi) is 6.32. The molecule has 0 N–H and O–H groups in total. The fourth-order valence-electron chi connectivity index (χ4n) is 1.58. The van der Waals surface area contributed by atoms with Crippen LogP contribution in [-0.2, 0) is 18.9 Å². The third kappa shape index (κ3) is 5.25. The quantitative estimate of drug-likeness (QED) is 0.711. The first-order chi connectivity index (χ1) is 8.65. The van der Waals surface area contributed by atoms with Gasteiger partial charge in [-0.1, -0.05) is 13.8 Å². The number of carbonyl (C=O) groups excluding carboxylic acids is 2. The van der Waals surface area contributed by atoms with Gasteiger partial charge in [-0.05, 0) is 12.8 Å². The summed E-state index contributed by atoms with van der Waals surface area (Å²) in [5, 5.41) is 0. The largest absolute Gasteiger partial charge is 0.508 e. The Morgan fingerprint density at radius 3 is 1.50 bits per heavy atom. The summed E-state index contributed by atoms with van der Waals surface area (Å²) in [6.07, 6.45) is 2.58. The van der Waals surface area contributed by atoms with Gasteiger partial charge in [0, 0.05) is 12.8 Å². The maximum absolute atomic E-state index is 10.4. The molecule has 0 aromatic carbocycles. The zero-order valence-electron chi connectivity index (χ0n) is 10.8. The van der Waals surface area contributed by atoms with E-state index in [2.05, 4.69) is 9.47 Å². The van der Waals surface area contributed by atoms with Crippen LogP contribution in [0, 0.1) is 0 Å². The van der Waals surface area contributed by atoms with Crippen LogP contribution in [0.25, 0.3) is 0 Å². The fourth-order valence-corrected chi connectivity index (χ4v) is 1.58. The highest BCUT2D eigenvalue weighted by atomic mass is 16.7. The van der Waals surface area contributed by atoms with Crippen molar-refractivity contribution in [2.45, 2.75) is 51.7 Å². The van der Waals surface area contributed by atoms with Gasteiger partial charge in [0.25, 0.3) is 0 Å². The van der Waals surface area contributed by atoms with Gasteiger partial charge < -0.3 is 18.9 Å². The van der Waals surface area contributed by atoms with Gasteiger partial charge >= 0.3 is 12.3 Å². The van der Waals surface area contributed by atoms with Gasteiger partial charge in [0.1, 0.15) is 12.2 Å². The molecule has 2 rings (SSSR count). The van der Waals surface area contributed by atoms with E-state index >= 15 is 0 Å². The van der Waals surface area contributed by atoms with E-state index in [-0.39, 0.29) is 12.2 Å². The topological polar surface area (TPSA) is 71.1 Å². The highest BCUT2D eigenvalue weighted by Gasteiger charge is 2.19. The molecule has 2 aliphatic heterocycles. The number of cyclic esters (lactones) is 4. The molecule has 0 spiro atoms. The molecule has 2 saturated heterocycles. The van der Waals surface area contributed by atoms with Crippen LogP contribution >= 0.6 is 0 Å². The normalized spacial score (nSPS) is 26.8. The van der Waals surface area contributed by atoms with Crippen LogP contribution in [0.5, 0.6) is 0 Å². The average Bonchev–Trinajstić information content (AvgIpc) is 2.39. The van der Waals surface area contributed by atoms with Crippen LogP contribution in [0.1, 0.15) is 39.5 Å². The Morgan fingerprint density at radius 1 is 0.889 bits per heavy atom. The maximum Gasteiger partial charge on any atom is 0.508 e. The Hall–Kier alpha value is -1.46. The van der Waals surface area contributed by atoms with Crippen LogP contribution in [0.4, 0.5) is 9.59 Å². The van der Waals surface area contributed by atoms with Gasteiger partial charge in [0.2, 0.25) is 0 Å². The van der Waals surface area contributed by atoms with Gasteiger partial charge in [-0.3, -0.25) is 0 Å². The minimum absolute atomic E-state index is 0.0891. The van der Waals surface area contributed by atoms with E-state index in [1.807, 2.05) is 13.8 Å². The predicted molar refractivity (Wildman–Crippen MR) is 62.3 cm³/mol. The minimum Gasteiger partial charge on any atom is -0.434 e. The highest BCUT2D eigenvalue weighted by Crippen LogP contribution is 2.11. The molecule has 0 amide bonds. The van der Waals surface area contributed by atoms with E-state index < -0.39 is 12.3 Å². The third-order valence-electron chi connectivity index (χ3n) is 2.76. The monoisotopic (exact) mass is 260 g/mol. The molecule has 6 nitrogen and oxygen atoms in total. The Bertz CT molecular complexity index is 250. The number of ether oxygens (including phenoxy) is 4. The summed E-state index contributed by atoms with van der Waals surface area (Å²) < 4.78 is 18.6. The second-order valence-corrected chi connectivity index (χ2v) is 4.07. The van der Waals surface area contributed by atoms with Gasteiger partial charge in [-0.25, -0.2) is 9.59 Å². The summed E-state index contributed by atoms with van der Waals surface area (Å²) in [4.78, 5) is 20.8. The Morgan fingerprint density at radius 2 is 1.28 bits per heavy atom. The summed E-state index contributed by atoms with van der Waals surface area (Å²) >= 11 is 0. The molecule has 2 atom stereocenters. The molecule has 0 bridgehead atoms. The fraction of sp³-hybridized carbons (Fsp3) is 0.833. The van der Waals surface area contributed by atoms with Crippen LogP contribution in [0.2, 0.25) is 0 Å². The number of hydrogen-bond donors (Lipinski definition) is 0. The Balaban J connectivity index is 0.000000180. The van der Waals surface area contributed by atoms with Crippen molar-refractivity contribution in [1.29, 1.82) is 0 Å². The summed E-state index contributed by atoms with van der Waals surface area (Å²) in [7, 11) is 0. The van der Waals surface area contributed by atoms with Gasteiger partial charge in [-0.2, -0.15) is 0 Å². The smallest absolute Gasteiger partial charge is 0.434 e. The lowest BCUT2D eigenvalue weighted by atomic mass is 10.2. The molecule has 0 radical (unpaired) electrons. The third-order valence-corrected chi connectivity index (χ3v) is 2.76. The lowest BCUT2D eigenvalue weighted by molar-refractivity contribution is -0.0241. The number of hydrogen-bond acceptors (Lipinski definition) is 6. The van der Waals surface area contributed by atoms with E-state index in [0.29, 0.717) is 13.2 Å². The molecule has 6 heteroatoms. The van der Waals surface area contributed by atoms with Crippen LogP contribution in [0.15, 0.2) is 0 Å². The summed E-state index contributed by atoms with van der Waals surface area (Å²) in [6, 6.07) is 0. The van der Waals surface area contributed by atoms with Gasteiger partial charge in [-0.15, -0.1) is 0 Å². The SMILES string of the molecule is CCC1CCOC(=O)O1.CCC1CCOC(=O)O1. The van der Waals surface area contributed by atoms with E-state index in [4.69, 9.17) is 9.47 Å². The summed E-state index contributed by atoms with van der Waals surface area (Å²) in [5.41, 5.74) is 0. The van der Waals surface area contributed by atoms with Crippen molar-refractivity contribution >= 4 is 12.3 Å². The first kappa shape index (κ1) is 14.6. The molecule has 2 fully saturated rings. The van der Waals surface area contributed by atoms with Gasteiger partial charge in [0.15, 0.2) is 0 Å². The van der Waals surface area contributed by atoms with Crippen LogP contribution in [-0.4, -0.2) is 37.7 Å². The molecule has 0 aromatic heterocycles. The number of carbonyl (C=O) groups is 2. The van der Waals surface area contributed by atoms with Gasteiger partial charge in [0.05, 0.1) is 13.2 Å². The Labute approximate surface area is 107 Å². The maximum atomic E-state index is 10.4. The first-order valence-electron chi connectivity index (χ1n) is 6.32. The molecular weight excluding hydrogens is 240 g/mol. The zero-order valence-corrected chi connectivity index (χ0v) is 10.8. The molecule has 2 heterocycles. The predicted octanol–water partition coefficient (Wildman–Crippen LogP) is 2.64. The molecule has 0 aliphatic carbocycles. The number of rotatable bonds is 2. The highest BCUT2D eigenvalue weighted by molar-refractivity contribution is 5.61. The second-order valence-electron chi connectivity index (χ2n) is 4.07. The second kappa shape index (κ2) is 7.79. The lowest BCUT2D eigenvalue weighted by Gasteiger charge is -2.20. The molecular formula is C12H20O6. The molecule has 18 heavy (non-hydrogen) atoms. The zero-order chi connectivity index (χ0) is 13.4. The standard InChI is InChI=1S/2C6H10O3/c2*1-2-5-3-4-8-6(7)9-5/h2*5H,2-4H2,1H3. The van der Waals surface area contributed by atoms with E-state index in [1.165, 1.54) is 0 Å². The van der Waals surface area contributed by atoms with E-state index in [9.17, 15) is 9.59 Å². The van der Waals surface area contributed by atoms with Crippen molar-refractivity contribution in [3.8, 4) is 0 Å². The van der Waals surface area contributed by atoms with Crippen molar-refractivity contribution in [1.82, 2.24) is 0 Å². The molecule has 104 valence electrons. The van der Waals surface area contributed by atoms with E-state index in [0.717, 1.165) is 25.7 Å². The molecule has 2 unspecified atom stereocenters. The lowest BCUT2D eigenvalue weighted by Crippen LogP contribution is -2.26. The van der Waals surface area contributed by atoms with E-state index in [1.54, 1.807) is 0 Å². The van der Waals surface area contributed by atoms with Crippen LogP contribution < -0.4 is 0 Å². The summed E-state index contributed by atoms with van der Waals surface area (Å²) in [6.45, 7) is 5.00. The van der Waals surface area contributed by atoms with Crippen molar-refractivity contribution in [3.63, 3.8) is 0 Å². The van der Waals surface area contributed by atoms with Crippen LogP contribution in [0.3, 0.4) is 0 Å². The van der Waals surface area contributed by atoms with Crippen molar-refractivity contribution in [2.24, 2.45) is 0 Å². The minimum atomic E-state index is -0.520. The molecule has 2 aliphatic rings. The summed E-state index contributed by atoms with van der Waals surface area (Å²) in [5.74, 6) is 0. The van der Waals surface area contributed by atoms with Crippen molar-refractivity contribution in [2.75, 3.05) is 13.2 Å².